The first kappa shape index (κ1) is 18.4. The zero-order valence-electron chi connectivity index (χ0n) is 13.2. The molecule has 1 aromatic carbocycles. The standard InChI is InChI=1S/C17H18ClFN2O2S/c1-21(10-13-14(18)4-2-5-15(13)19)16(22)6-3-8-20-17(23)12-7-9-24-11-12/h2,4-5,7,9,11H,3,6,8,10H2,1H3,(H,20,23). The summed E-state index contributed by atoms with van der Waals surface area (Å²) < 4.78 is 13.7. The molecule has 0 aliphatic rings. The van der Waals surface area contributed by atoms with E-state index in [4.69, 9.17) is 11.6 Å². The van der Waals surface area contributed by atoms with Gasteiger partial charge >= 0.3 is 0 Å². The van der Waals surface area contributed by atoms with Gasteiger partial charge in [0.15, 0.2) is 0 Å². The number of carbonyl (C=O) groups is 2. The molecular formula is C17H18ClFN2O2S. The number of rotatable bonds is 7. The summed E-state index contributed by atoms with van der Waals surface area (Å²) in [6.45, 7) is 0.528. The number of thiophene rings is 1. The maximum atomic E-state index is 13.7. The van der Waals surface area contributed by atoms with Gasteiger partial charge < -0.3 is 10.2 Å². The van der Waals surface area contributed by atoms with Gasteiger partial charge in [-0.25, -0.2) is 4.39 Å². The summed E-state index contributed by atoms with van der Waals surface area (Å²) in [7, 11) is 1.61. The third-order valence-corrected chi connectivity index (χ3v) is 4.56. The highest BCUT2D eigenvalue weighted by Crippen LogP contribution is 2.20. The average molecular weight is 369 g/mol. The molecule has 0 atom stereocenters. The monoisotopic (exact) mass is 368 g/mol. The first-order valence-corrected chi connectivity index (χ1v) is 8.78. The second kappa shape index (κ2) is 8.80. The highest BCUT2D eigenvalue weighted by atomic mass is 35.5. The number of amides is 2. The van der Waals surface area contributed by atoms with Gasteiger partial charge in [0.05, 0.1) is 0 Å². The largest absolute Gasteiger partial charge is 0.352 e. The minimum absolute atomic E-state index is 0.117. The molecule has 0 aliphatic heterocycles. The second-order valence-corrected chi connectivity index (χ2v) is 6.51. The van der Waals surface area contributed by atoms with Crippen LogP contribution in [-0.4, -0.2) is 30.3 Å². The number of benzene rings is 1. The Hall–Kier alpha value is -1.92. The maximum absolute atomic E-state index is 13.7. The van der Waals surface area contributed by atoms with Gasteiger partial charge in [0.25, 0.3) is 5.91 Å². The van der Waals surface area contributed by atoms with Crippen LogP contribution in [0.5, 0.6) is 0 Å². The predicted molar refractivity (Wildman–Crippen MR) is 93.8 cm³/mol. The molecule has 0 fully saturated rings. The lowest BCUT2D eigenvalue weighted by atomic mass is 10.2. The topological polar surface area (TPSA) is 49.4 Å². The van der Waals surface area contributed by atoms with Gasteiger partial charge in [-0.3, -0.25) is 9.59 Å². The van der Waals surface area contributed by atoms with E-state index in [1.165, 1.54) is 28.4 Å². The van der Waals surface area contributed by atoms with E-state index in [2.05, 4.69) is 5.32 Å². The lowest BCUT2D eigenvalue weighted by molar-refractivity contribution is -0.130. The van der Waals surface area contributed by atoms with Crippen LogP contribution in [-0.2, 0) is 11.3 Å². The highest BCUT2D eigenvalue weighted by molar-refractivity contribution is 7.08. The van der Waals surface area contributed by atoms with Crippen molar-refractivity contribution in [2.45, 2.75) is 19.4 Å². The predicted octanol–water partition coefficient (Wildman–Crippen LogP) is 3.71. The molecule has 1 N–H and O–H groups in total. The highest BCUT2D eigenvalue weighted by Gasteiger charge is 2.14. The van der Waals surface area contributed by atoms with Gasteiger partial charge in [0, 0.05) is 48.1 Å². The van der Waals surface area contributed by atoms with Crippen molar-refractivity contribution in [3.05, 3.63) is 57.0 Å². The number of nitrogens with zero attached hydrogens (tertiary/aromatic N) is 1. The quantitative estimate of drug-likeness (QED) is 0.757. The third-order valence-electron chi connectivity index (χ3n) is 3.52. The Morgan fingerprint density at radius 2 is 2.12 bits per heavy atom. The first-order valence-electron chi connectivity index (χ1n) is 7.46. The third kappa shape index (κ3) is 5.04. The number of halogens is 2. The smallest absolute Gasteiger partial charge is 0.252 e. The molecule has 0 aliphatic carbocycles. The van der Waals surface area contributed by atoms with Crippen LogP contribution in [0.3, 0.4) is 0 Å². The molecule has 1 heterocycles. The minimum atomic E-state index is -0.426. The number of hydrogen-bond acceptors (Lipinski definition) is 3. The normalized spacial score (nSPS) is 10.5. The molecule has 0 radical (unpaired) electrons. The molecule has 0 saturated heterocycles. The second-order valence-electron chi connectivity index (χ2n) is 5.32. The number of hydrogen-bond donors (Lipinski definition) is 1. The van der Waals surface area contributed by atoms with Crippen molar-refractivity contribution in [1.29, 1.82) is 0 Å². The van der Waals surface area contributed by atoms with Crippen LogP contribution in [0.15, 0.2) is 35.0 Å². The molecular weight excluding hydrogens is 351 g/mol. The summed E-state index contributed by atoms with van der Waals surface area (Å²) in [5, 5.41) is 6.67. The van der Waals surface area contributed by atoms with E-state index >= 15 is 0 Å². The summed E-state index contributed by atoms with van der Waals surface area (Å²) in [6.07, 6.45) is 0.788. The Kier molecular flexibility index (Phi) is 6.75. The summed E-state index contributed by atoms with van der Waals surface area (Å²) in [5.74, 6) is -0.695. The van der Waals surface area contributed by atoms with E-state index in [0.717, 1.165) is 0 Å². The molecule has 0 unspecified atom stereocenters. The van der Waals surface area contributed by atoms with Crippen LogP contribution >= 0.6 is 22.9 Å². The zero-order valence-corrected chi connectivity index (χ0v) is 14.8. The zero-order chi connectivity index (χ0) is 17.5. The molecule has 4 nitrogen and oxygen atoms in total. The molecule has 0 saturated carbocycles. The molecule has 7 heteroatoms. The van der Waals surface area contributed by atoms with Gasteiger partial charge in [-0.2, -0.15) is 11.3 Å². The van der Waals surface area contributed by atoms with E-state index in [0.29, 0.717) is 29.1 Å². The van der Waals surface area contributed by atoms with E-state index in [9.17, 15) is 14.0 Å². The van der Waals surface area contributed by atoms with Gasteiger partial charge in [-0.15, -0.1) is 0 Å². The van der Waals surface area contributed by atoms with E-state index in [1.807, 2.05) is 5.38 Å². The van der Waals surface area contributed by atoms with Gasteiger partial charge in [0.1, 0.15) is 5.82 Å². The van der Waals surface area contributed by atoms with E-state index in [1.54, 1.807) is 24.6 Å². The van der Waals surface area contributed by atoms with Crippen LogP contribution in [0, 0.1) is 5.82 Å². The Morgan fingerprint density at radius 3 is 2.79 bits per heavy atom. The summed E-state index contributed by atoms with van der Waals surface area (Å²) in [6, 6.07) is 6.19. The molecule has 2 aromatic rings. The van der Waals surface area contributed by atoms with Crippen molar-refractivity contribution in [3.63, 3.8) is 0 Å². The molecule has 2 amide bonds. The molecule has 1 aromatic heterocycles. The van der Waals surface area contributed by atoms with Crippen molar-refractivity contribution < 1.29 is 14.0 Å². The van der Waals surface area contributed by atoms with Crippen LogP contribution < -0.4 is 5.32 Å². The Bertz CT molecular complexity index is 686. The molecule has 128 valence electrons. The van der Waals surface area contributed by atoms with Crippen LogP contribution in [0.2, 0.25) is 5.02 Å². The minimum Gasteiger partial charge on any atom is -0.352 e. The number of nitrogens with one attached hydrogen (secondary N) is 1. The van der Waals surface area contributed by atoms with Gasteiger partial charge in [0.2, 0.25) is 5.91 Å². The van der Waals surface area contributed by atoms with Crippen LogP contribution in [0.1, 0.15) is 28.8 Å². The Labute approximate surface area is 149 Å². The average Bonchev–Trinajstić information content (AvgIpc) is 3.09. The number of carbonyl (C=O) groups excluding carboxylic acids is 2. The van der Waals surface area contributed by atoms with Crippen molar-refractivity contribution in [2.75, 3.05) is 13.6 Å². The first-order chi connectivity index (χ1) is 11.5. The maximum Gasteiger partial charge on any atom is 0.252 e. The van der Waals surface area contributed by atoms with Crippen LogP contribution in [0.4, 0.5) is 4.39 Å². The van der Waals surface area contributed by atoms with Gasteiger partial charge in [-0.05, 0) is 30.0 Å². The fourth-order valence-corrected chi connectivity index (χ4v) is 3.00. The van der Waals surface area contributed by atoms with Crippen molar-refractivity contribution >= 4 is 34.8 Å². The summed E-state index contributed by atoms with van der Waals surface area (Å²) >= 11 is 7.42. The van der Waals surface area contributed by atoms with Crippen LogP contribution in [0.25, 0.3) is 0 Å². The fourth-order valence-electron chi connectivity index (χ4n) is 2.14. The SMILES string of the molecule is CN(Cc1c(F)cccc1Cl)C(=O)CCCNC(=O)c1ccsc1. The summed E-state index contributed by atoms with van der Waals surface area (Å²) in [4.78, 5) is 25.3. The Balaban J connectivity index is 1.75. The lowest BCUT2D eigenvalue weighted by Crippen LogP contribution is -2.29. The molecule has 24 heavy (non-hydrogen) atoms. The van der Waals surface area contributed by atoms with Gasteiger partial charge in [-0.1, -0.05) is 17.7 Å². The molecule has 0 spiro atoms. The van der Waals surface area contributed by atoms with E-state index in [-0.39, 0.29) is 24.8 Å². The van der Waals surface area contributed by atoms with Crippen molar-refractivity contribution in [2.24, 2.45) is 0 Å². The molecule has 2 rings (SSSR count). The van der Waals surface area contributed by atoms with Crippen molar-refractivity contribution in [3.8, 4) is 0 Å². The van der Waals surface area contributed by atoms with Crippen molar-refractivity contribution in [1.82, 2.24) is 10.2 Å². The lowest BCUT2D eigenvalue weighted by Gasteiger charge is -2.18. The van der Waals surface area contributed by atoms with E-state index < -0.39 is 5.82 Å². The fraction of sp³-hybridized carbons (Fsp3) is 0.294. The Morgan fingerprint density at radius 1 is 1.33 bits per heavy atom. The molecule has 0 bridgehead atoms. The summed E-state index contributed by atoms with van der Waals surface area (Å²) in [5.41, 5.74) is 0.929.